The molecule has 0 heterocycles. The third-order valence-electron chi connectivity index (χ3n) is 2.97. The highest BCUT2D eigenvalue weighted by molar-refractivity contribution is 5.77. The van der Waals surface area contributed by atoms with Crippen molar-refractivity contribution in [1.82, 2.24) is 0 Å². The Labute approximate surface area is 135 Å². The minimum atomic E-state index is -7.07. The van der Waals surface area contributed by atoms with Crippen LogP contribution in [0.25, 0.3) is 0 Å². The van der Waals surface area contributed by atoms with E-state index in [1.54, 1.807) is 6.92 Å². The first-order valence-electron chi connectivity index (χ1n) is 6.53. The molecule has 0 aliphatic carbocycles. The van der Waals surface area contributed by atoms with Gasteiger partial charge >= 0.3 is 35.9 Å². The van der Waals surface area contributed by atoms with Gasteiger partial charge in [-0.3, -0.25) is 4.79 Å². The summed E-state index contributed by atoms with van der Waals surface area (Å²) in [5.74, 6) is -23.5. The van der Waals surface area contributed by atoms with Gasteiger partial charge in [-0.2, -0.15) is 39.5 Å². The van der Waals surface area contributed by atoms with Gasteiger partial charge in [0.25, 0.3) is 0 Å². The molecule has 13 heteroatoms. The highest BCUT2D eigenvalue weighted by Gasteiger charge is 2.81. The van der Waals surface area contributed by atoms with Gasteiger partial charge in [0.2, 0.25) is 0 Å². The second kappa shape index (κ2) is 7.68. The van der Waals surface area contributed by atoms with Crippen LogP contribution in [0.1, 0.15) is 20.3 Å². The van der Waals surface area contributed by atoms with Crippen LogP contribution in [0.5, 0.6) is 0 Å². The number of carbonyl (C=O) groups excluding carboxylic acids is 2. The van der Waals surface area contributed by atoms with Gasteiger partial charge in [0, 0.05) is 0 Å². The lowest BCUT2D eigenvalue weighted by Gasteiger charge is -2.33. The van der Waals surface area contributed by atoms with Crippen molar-refractivity contribution in [3.05, 3.63) is 0 Å². The first-order chi connectivity index (χ1) is 11.0. The lowest BCUT2D eigenvalue weighted by atomic mass is 10.0. The van der Waals surface area contributed by atoms with E-state index in [1.165, 1.54) is 6.92 Å². The SMILES string of the molecule is CCC(C)C(=O)OCC(=O)OCC(F)(F)C(F)(F)C(F)(F)C(F)(F)F. The first-order valence-corrected chi connectivity index (χ1v) is 6.53. The standard InChI is InChI=1S/C12H13F9O4/c1-3-6(2)8(23)24-4-7(22)25-5-9(13,14)10(15,16)11(17,18)12(19,20)21/h6H,3-5H2,1-2H3. The molecule has 0 radical (unpaired) electrons. The van der Waals surface area contributed by atoms with Gasteiger partial charge < -0.3 is 9.47 Å². The van der Waals surface area contributed by atoms with E-state index in [2.05, 4.69) is 9.47 Å². The number of carbonyl (C=O) groups is 2. The molecule has 0 aliphatic heterocycles. The highest BCUT2D eigenvalue weighted by Crippen LogP contribution is 2.53. The van der Waals surface area contributed by atoms with Gasteiger partial charge in [-0.05, 0) is 6.42 Å². The smallest absolute Gasteiger partial charge is 0.456 e. The molecular formula is C12H13F9O4. The predicted molar refractivity (Wildman–Crippen MR) is 62.3 cm³/mol. The second-order valence-electron chi connectivity index (χ2n) is 4.93. The summed E-state index contributed by atoms with van der Waals surface area (Å²) in [7, 11) is 0. The summed E-state index contributed by atoms with van der Waals surface area (Å²) in [6.45, 7) is -1.14. The fourth-order valence-corrected chi connectivity index (χ4v) is 1.15. The van der Waals surface area contributed by atoms with E-state index in [1.807, 2.05) is 0 Å². The van der Waals surface area contributed by atoms with Crippen LogP contribution >= 0.6 is 0 Å². The molecule has 1 atom stereocenters. The van der Waals surface area contributed by atoms with Crippen LogP contribution in [0, 0.1) is 5.92 Å². The maximum atomic E-state index is 13.1. The van der Waals surface area contributed by atoms with Crippen LogP contribution in [0.4, 0.5) is 39.5 Å². The summed E-state index contributed by atoms with van der Waals surface area (Å²) < 4.78 is 120. The van der Waals surface area contributed by atoms with Gasteiger partial charge in [-0.15, -0.1) is 0 Å². The van der Waals surface area contributed by atoms with E-state index < -0.39 is 55.0 Å². The first kappa shape index (κ1) is 23.3. The van der Waals surface area contributed by atoms with Crippen LogP contribution in [0.15, 0.2) is 0 Å². The summed E-state index contributed by atoms with van der Waals surface area (Å²) in [5, 5.41) is 0. The molecule has 0 rings (SSSR count). The van der Waals surface area contributed by atoms with E-state index in [0.717, 1.165) is 0 Å². The summed E-state index contributed by atoms with van der Waals surface area (Å²) in [6, 6.07) is 0. The minimum absolute atomic E-state index is 0.282. The Bertz CT molecular complexity index is 487. The predicted octanol–water partition coefficient (Wildman–Crippen LogP) is 3.59. The number of ether oxygens (including phenoxy) is 2. The second-order valence-corrected chi connectivity index (χ2v) is 4.93. The molecule has 0 fully saturated rings. The van der Waals surface area contributed by atoms with Crippen molar-refractivity contribution in [1.29, 1.82) is 0 Å². The molecule has 1 unspecified atom stereocenters. The number of alkyl halides is 9. The Kier molecular flexibility index (Phi) is 7.17. The number of hydrogen-bond donors (Lipinski definition) is 0. The van der Waals surface area contributed by atoms with Gasteiger partial charge in [0.05, 0.1) is 5.92 Å². The quantitative estimate of drug-likeness (QED) is 0.468. The Balaban J connectivity index is 4.87. The molecule has 25 heavy (non-hydrogen) atoms. The van der Waals surface area contributed by atoms with E-state index in [9.17, 15) is 49.1 Å². The van der Waals surface area contributed by atoms with Crippen molar-refractivity contribution in [3.63, 3.8) is 0 Å². The molecule has 0 saturated carbocycles. The number of esters is 2. The zero-order chi connectivity index (χ0) is 20.3. The molecule has 0 aromatic heterocycles. The van der Waals surface area contributed by atoms with Crippen molar-refractivity contribution in [2.75, 3.05) is 13.2 Å². The van der Waals surface area contributed by atoms with E-state index in [4.69, 9.17) is 0 Å². The Hall–Kier alpha value is -1.69. The van der Waals surface area contributed by atoms with Crippen molar-refractivity contribution in [2.45, 2.75) is 44.2 Å². The van der Waals surface area contributed by atoms with Crippen LogP contribution in [-0.4, -0.2) is 49.1 Å². The summed E-state index contributed by atoms with van der Waals surface area (Å²) in [6.07, 6.45) is -6.68. The lowest BCUT2D eigenvalue weighted by Crippen LogP contribution is -2.62. The van der Waals surface area contributed by atoms with E-state index in [0.29, 0.717) is 0 Å². The number of hydrogen-bond acceptors (Lipinski definition) is 4. The van der Waals surface area contributed by atoms with Crippen LogP contribution < -0.4 is 0 Å². The highest BCUT2D eigenvalue weighted by atomic mass is 19.4. The fraction of sp³-hybridized carbons (Fsp3) is 0.833. The van der Waals surface area contributed by atoms with Gasteiger partial charge in [0.1, 0.15) is 0 Å². The Morgan fingerprint density at radius 2 is 1.36 bits per heavy atom. The maximum Gasteiger partial charge on any atom is 0.460 e. The average molecular weight is 392 g/mol. The monoisotopic (exact) mass is 392 g/mol. The third kappa shape index (κ3) is 5.14. The topological polar surface area (TPSA) is 52.6 Å². The van der Waals surface area contributed by atoms with Gasteiger partial charge in [-0.25, -0.2) is 4.79 Å². The summed E-state index contributed by atoms with van der Waals surface area (Å²) >= 11 is 0. The van der Waals surface area contributed by atoms with Crippen molar-refractivity contribution in [2.24, 2.45) is 5.92 Å². The van der Waals surface area contributed by atoms with E-state index in [-0.39, 0.29) is 6.42 Å². The summed E-state index contributed by atoms with van der Waals surface area (Å²) in [5.41, 5.74) is 0. The molecule has 0 aliphatic rings. The molecule has 148 valence electrons. The van der Waals surface area contributed by atoms with Crippen molar-refractivity contribution >= 4 is 11.9 Å². The normalized spacial score (nSPS) is 14.8. The van der Waals surface area contributed by atoms with Crippen molar-refractivity contribution in [3.8, 4) is 0 Å². The largest absolute Gasteiger partial charge is 0.460 e. The van der Waals surface area contributed by atoms with Crippen molar-refractivity contribution < 1.29 is 58.6 Å². The Morgan fingerprint density at radius 3 is 1.76 bits per heavy atom. The average Bonchev–Trinajstić information content (AvgIpc) is 2.48. The molecule has 0 aromatic carbocycles. The maximum absolute atomic E-state index is 13.1. The zero-order valence-corrected chi connectivity index (χ0v) is 12.7. The van der Waals surface area contributed by atoms with Gasteiger partial charge in [-0.1, -0.05) is 13.8 Å². The molecule has 0 bridgehead atoms. The van der Waals surface area contributed by atoms with Crippen LogP contribution in [0.2, 0.25) is 0 Å². The van der Waals surface area contributed by atoms with E-state index >= 15 is 0 Å². The zero-order valence-electron chi connectivity index (χ0n) is 12.7. The number of rotatable bonds is 8. The minimum Gasteiger partial charge on any atom is -0.456 e. The Morgan fingerprint density at radius 1 is 0.880 bits per heavy atom. The lowest BCUT2D eigenvalue weighted by molar-refractivity contribution is -0.398. The van der Waals surface area contributed by atoms with Crippen LogP contribution in [0.3, 0.4) is 0 Å². The molecule has 0 amide bonds. The molecule has 0 spiro atoms. The molecular weight excluding hydrogens is 379 g/mol. The molecule has 0 saturated heterocycles. The van der Waals surface area contributed by atoms with Gasteiger partial charge in [0.15, 0.2) is 13.2 Å². The fourth-order valence-electron chi connectivity index (χ4n) is 1.15. The summed E-state index contributed by atoms with van der Waals surface area (Å²) in [4.78, 5) is 22.1. The molecule has 4 nitrogen and oxygen atoms in total. The molecule has 0 aromatic rings. The third-order valence-corrected chi connectivity index (χ3v) is 2.97. The van der Waals surface area contributed by atoms with Crippen LogP contribution in [-0.2, 0) is 19.1 Å². The molecule has 0 N–H and O–H groups in total. The number of halogens is 9.